The molecule has 3 rings (SSSR count). The minimum Gasteiger partial charge on any atom is -0.376 e. The van der Waals surface area contributed by atoms with Crippen LogP contribution in [0.3, 0.4) is 0 Å². The monoisotopic (exact) mass is 312 g/mol. The van der Waals surface area contributed by atoms with Crippen molar-refractivity contribution in [3.05, 3.63) is 0 Å². The SMILES string of the molecule is CCCCC12OC[C@@](OCC3CCCCC3)(CC[C@H]1OC)O2. The first-order chi connectivity index (χ1) is 10.7. The Kier molecular flexibility index (Phi) is 5.43. The van der Waals surface area contributed by atoms with E-state index in [1.54, 1.807) is 7.11 Å². The summed E-state index contributed by atoms with van der Waals surface area (Å²) in [6.07, 6.45) is 11.7. The van der Waals surface area contributed by atoms with Crippen molar-refractivity contribution in [1.82, 2.24) is 0 Å². The Morgan fingerprint density at radius 3 is 2.68 bits per heavy atom. The van der Waals surface area contributed by atoms with E-state index in [0.717, 1.165) is 38.7 Å². The molecular weight excluding hydrogens is 280 g/mol. The average molecular weight is 312 g/mol. The molecule has 0 spiro atoms. The van der Waals surface area contributed by atoms with Crippen molar-refractivity contribution in [2.75, 3.05) is 20.3 Å². The Hall–Kier alpha value is -0.160. The van der Waals surface area contributed by atoms with Gasteiger partial charge in [-0.3, -0.25) is 0 Å². The van der Waals surface area contributed by atoms with Crippen LogP contribution in [0.15, 0.2) is 0 Å². The van der Waals surface area contributed by atoms with Crippen molar-refractivity contribution >= 4 is 0 Å². The van der Waals surface area contributed by atoms with Crippen LogP contribution in [0.4, 0.5) is 0 Å². The van der Waals surface area contributed by atoms with E-state index in [2.05, 4.69) is 6.92 Å². The molecule has 2 heterocycles. The summed E-state index contributed by atoms with van der Waals surface area (Å²) in [5.41, 5.74) is 0. The highest BCUT2D eigenvalue weighted by atomic mass is 16.8. The summed E-state index contributed by atoms with van der Waals surface area (Å²) in [5, 5.41) is 0. The lowest BCUT2D eigenvalue weighted by molar-refractivity contribution is -0.328. The summed E-state index contributed by atoms with van der Waals surface area (Å²) >= 11 is 0. The van der Waals surface area contributed by atoms with E-state index >= 15 is 0 Å². The first kappa shape index (κ1) is 16.7. The van der Waals surface area contributed by atoms with Gasteiger partial charge >= 0.3 is 0 Å². The molecule has 4 heteroatoms. The fourth-order valence-corrected chi connectivity index (χ4v) is 4.23. The zero-order valence-electron chi connectivity index (χ0n) is 14.3. The highest BCUT2D eigenvalue weighted by Crippen LogP contribution is 2.47. The van der Waals surface area contributed by atoms with Gasteiger partial charge in [0.2, 0.25) is 0 Å². The highest BCUT2D eigenvalue weighted by molar-refractivity contribution is 4.96. The van der Waals surface area contributed by atoms with Crippen molar-refractivity contribution in [3.8, 4) is 0 Å². The van der Waals surface area contributed by atoms with Gasteiger partial charge in [-0.15, -0.1) is 0 Å². The predicted molar refractivity (Wildman–Crippen MR) is 84.6 cm³/mol. The molecule has 2 bridgehead atoms. The lowest BCUT2D eigenvalue weighted by Crippen LogP contribution is -2.52. The largest absolute Gasteiger partial charge is 0.376 e. The molecule has 1 unspecified atom stereocenters. The summed E-state index contributed by atoms with van der Waals surface area (Å²) in [6, 6.07) is 0. The molecule has 1 aliphatic carbocycles. The molecule has 0 amide bonds. The first-order valence-electron chi connectivity index (χ1n) is 9.23. The van der Waals surface area contributed by atoms with Crippen molar-refractivity contribution < 1.29 is 18.9 Å². The Balaban J connectivity index is 1.60. The van der Waals surface area contributed by atoms with Gasteiger partial charge in [0.15, 0.2) is 11.6 Å². The van der Waals surface area contributed by atoms with Crippen LogP contribution in [0.1, 0.15) is 71.1 Å². The van der Waals surface area contributed by atoms with E-state index in [0.29, 0.717) is 12.5 Å². The van der Waals surface area contributed by atoms with Gasteiger partial charge in [0.05, 0.1) is 6.61 Å². The molecule has 0 aromatic heterocycles. The average Bonchev–Trinajstić information content (AvgIpc) is 2.87. The third-order valence-corrected chi connectivity index (χ3v) is 5.64. The number of hydrogen-bond donors (Lipinski definition) is 0. The number of hydrogen-bond acceptors (Lipinski definition) is 4. The Bertz CT molecular complexity index is 355. The van der Waals surface area contributed by atoms with Crippen LogP contribution in [0, 0.1) is 5.92 Å². The van der Waals surface area contributed by atoms with Gasteiger partial charge in [0.25, 0.3) is 0 Å². The summed E-state index contributed by atoms with van der Waals surface area (Å²) in [4.78, 5) is 0. The van der Waals surface area contributed by atoms with Crippen LogP contribution in [-0.2, 0) is 18.9 Å². The molecule has 128 valence electrons. The van der Waals surface area contributed by atoms with E-state index in [1.807, 2.05) is 0 Å². The van der Waals surface area contributed by atoms with Crippen LogP contribution in [0.25, 0.3) is 0 Å². The smallest absolute Gasteiger partial charge is 0.198 e. The quantitative estimate of drug-likeness (QED) is 0.711. The van der Waals surface area contributed by atoms with E-state index in [4.69, 9.17) is 18.9 Å². The molecule has 0 radical (unpaired) electrons. The molecule has 0 aromatic rings. The van der Waals surface area contributed by atoms with Crippen LogP contribution >= 0.6 is 0 Å². The third kappa shape index (κ3) is 3.35. The second kappa shape index (κ2) is 7.16. The fraction of sp³-hybridized carbons (Fsp3) is 1.00. The number of fused-ring (bicyclic) bond motifs is 2. The normalized spacial score (nSPS) is 39.3. The minimum absolute atomic E-state index is 0.0351. The second-order valence-corrected chi connectivity index (χ2v) is 7.29. The zero-order valence-corrected chi connectivity index (χ0v) is 14.3. The molecule has 3 fully saturated rings. The van der Waals surface area contributed by atoms with Gasteiger partial charge < -0.3 is 18.9 Å². The maximum Gasteiger partial charge on any atom is 0.198 e. The lowest BCUT2D eigenvalue weighted by atomic mass is 9.90. The van der Waals surface area contributed by atoms with Crippen molar-refractivity contribution in [2.45, 2.75) is 88.8 Å². The molecule has 22 heavy (non-hydrogen) atoms. The summed E-state index contributed by atoms with van der Waals surface area (Å²) < 4.78 is 24.5. The molecule has 3 aliphatic rings. The van der Waals surface area contributed by atoms with Crippen LogP contribution in [0.2, 0.25) is 0 Å². The minimum atomic E-state index is -0.574. The third-order valence-electron chi connectivity index (χ3n) is 5.64. The summed E-state index contributed by atoms with van der Waals surface area (Å²) in [6.45, 7) is 3.58. The second-order valence-electron chi connectivity index (χ2n) is 7.29. The van der Waals surface area contributed by atoms with Crippen LogP contribution < -0.4 is 0 Å². The number of rotatable bonds is 7. The van der Waals surface area contributed by atoms with Gasteiger partial charge in [0, 0.05) is 20.0 Å². The Morgan fingerprint density at radius 2 is 1.95 bits per heavy atom. The molecule has 2 saturated heterocycles. The van der Waals surface area contributed by atoms with Crippen molar-refractivity contribution in [2.24, 2.45) is 5.92 Å². The topological polar surface area (TPSA) is 36.9 Å². The number of methoxy groups -OCH3 is 1. The molecule has 3 atom stereocenters. The van der Waals surface area contributed by atoms with Gasteiger partial charge in [-0.25, -0.2) is 0 Å². The van der Waals surface area contributed by atoms with Gasteiger partial charge in [-0.1, -0.05) is 32.6 Å². The van der Waals surface area contributed by atoms with Gasteiger partial charge in [0.1, 0.15) is 12.7 Å². The standard InChI is InChI=1S/C18H32O4/c1-3-4-11-18-16(19-2)10-12-17(22-18,14-21-18)20-13-15-8-6-5-7-9-15/h15-16H,3-14H2,1-2H3/t16-,17-,18?/m1/s1. The highest BCUT2D eigenvalue weighted by Gasteiger charge is 2.59. The molecular formula is C18H32O4. The van der Waals surface area contributed by atoms with Gasteiger partial charge in [-0.2, -0.15) is 0 Å². The summed E-state index contributed by atoms with van der Waals surface area (Å²) in [5.74, 6) is -0.381. The molecule has 1 saturated carbocycles. The lowest BCUT2D eigenvalue weighted by Gasteiger charge is -2.42. The van der Waals surface area contributed by atoms with E-state index in [9.17, 15) is 0 Å². The molecule has 0 aromatic carbocycles. The number of ether oxygens (including phenoxy) is 4. The molecule has 0 N–H and O–H groups in total. The summed E-state index contributed by atoms with van der Waals surface area (Å²) in [7, 11) is 1.76. The number of unbranched alkanes of at least 4 members (excludes halogenated alkanes) is 1. The molecule has 2 aliphatic heterocycles. The maximum atomic E-state index is 6.40. The predicted octanol–water partition coefficient (Wildman–Crippen LogP) is 4.02. The fourth-order valence-electron chi connectivity index (χ4n) is 4.23. The Morgan fingerprint density at radius 1 is 1.14 bits per heavy atom. The van der Waals surface area contributed by atoms with E-state index in [-0.39, 0.29) is 6.10 Å². The van der Waals surface area contributed by atoms with Crippen molar-refractivity contribution in [1.29, 1.82) is 0 Å². The first-order valence-corrected chi connectivity index (χ1v) is 9.23. The van der Waals surface area contributed by atoms with Crippen LogP contribution in [0.5, 0.6) is 0 Å². The zero-order chi connectivity index (χ0) is 15.5. The Labute approximate surface area is 134 Å². The van der Waals surface area contributed by atoms with Gasteiger partial charge in [-0.05, 0) is 31.6 Å². The van der Waals surface area contributed by atoms with E-state index in [1.165, 1.54) is 32.1 Å². The van der Waals surface area contributed by atoms with Crippen LogP contribution in [-0.4, -0.2) is 38.0 Å². The molecule has 4 nitrogen and oxygen atoms in total. The van der Waals surface area contributed by atoms with E-state index < -0.39 is 11.6 Å². The maximum absolute atomic E-state index is 6.40. The van der Waals surface area contributed by atoms with Crippen molar-refractivity contribution in [3.63, 3.8) is 0 Å².